The van der Waals surface area contributed by atoms with E-state index >= 15 is 0 Å². The van der Waals surface area contributed by atoms with Crippen LogP contribution >= 0.6 is 0 Å². The van der Waals surface area contributed by atoms with E-state index in [2.05, 4.69) is 16.2 Å². The summed E-state index contributed by atoms with van der Waals surface area (Å²) < 4.78 is 18.1. The van der Waals surface area contributed by atoms with E-state index in [0.717, 1.165) is 0 Å². The summed E-state index contributed by atoms with van der Waals surface area (Å²) in [5, 5.41) is 12.1. The maximum Gasteiger partial charge on any atom is 0.325 e. The first kappa shape index (κ1) is 17.3. The summed E-state index contributed by atoms with van der Waals surface area (Å²) in [6.45, 7) is 2.09. The van der Waals surface area contributed by atoms with Crippen molar-refractivity contribution >= 4 is 11.9 Å². The molecule has 0 bridgehead atoms. The minimum Gasteiger partial charge on any atom is -0.480 e. The van der Waals surface area contributed by atoms with Crippen LogP contribution < -0.4 is 16.2 Å². The smallest absolute Gasteiger partial charge is 0.325 e. The molecule has 1 aliphatic heterocycles. The number of hydrogen-bond acceptors (Lipinski definition) is 5. The van der Waals surface area contributed by atoms with E-state index < -0.39 is 28.8 Å². The topological polar surface area (TPSA) is 99.7 Å². The minimum atomic E-state index is -1.33. The number of benzene rings is 1. The molecule has 1 aromatic rings. The van der Waals surface area contributed by atoms with E-state index in [9.17, 15) is 19.1 Å². The fourth-order valence-electron chi connectivity index (χ4n) is 2.59. The van der Waals surface area contributed by atoms with Crippen molar-refractivity contribution in [2.24, 2.45) is 0 Å². The molecule has 0 spiro atoms. The average Bonchev–Trinajstić information content (AvgIpc) is 2.89. The van der Waals surface area contributed by atoms with Crippen molar-refractivity contribution in [1.82, 2.24) is 16.2 Å². The zero-order valence-corrected chi connectivity index (χ0v) is 13.0. The van der Waals surface area contributed by atoms with E-state index in [0.29, 0.717) is 12.2 Å². The number of amides is 1. The molecule has 1 fully saturated rings. The molecule has 4 N–H and O–H groups in total. The quantitative estimate of drug-likeness (QED) is 0.555. The predicted molar refractivity (Wildman–Crippen MR) is 79.9 cm³/mol. The summed E-state index contributed by atoms with van der Waals surface area (Å²) in [6, 6.07) is 5.40. The molecule has 2 unspecified atom stereocenters. The normalized spacial score (nSPS) is 26.9. The monoisotopic (exact) mass is 325 g/mol. The van der Waals surface area contributed by atoms with E-state index in [4.69, 9.17) is 4.74 Å². The Labute approximate surface area is 133 Å². The molecule has 1 aliphatic rings. The number of methoxy groups -OCH3 is 1. The summed E-state index contributed by atoms with van der Waals surface area (Å²) in [6.07, 6.45) is -0.0280. The van der Waals surface area contributed by atoms with E-state index in [1.807, 2.05) is 0 Å². The van der Waals surface area contributed by atoms with Gasteiger partial charge in [0.15, 0.2) is 0 Å². The Morgan fingerprint density at radius 1 is 1.35 bits per heavy atom. The average molecular weight is 325 g/mol. The van der Waals surface area contributed by atoms with Crippen molar-refractivity contribution in [2.75, 3.05) is 20.3 Å². The summed E-state index contributed by atoms with van der Waals surface area (Å²) in [5.74, 6) is -1.92. The Hall–Kier alpha value is -2.03. The van der Waals surface area contributed by atoms with Gasteiger partial charge >= 0.3 is 5.97 Å². The standard InChI is InChI=1S/C15H20FN3O4/c1-14(13(21)22)9-15(19-18-14,12(20)17-7-8-23-2)10-3-5-11(16)6-4-10/h3-6,18-19H,7-9H2,1-2H3,(H,17,20)(H,21,22). The first-order valence-electron chi connectivity index (χ1n) is 7.15. The molecular weight excluding hydrogens is 305 g/mol. The second kappa shape index (κ2) is 6.61. The van der Waals surface area contributed by atoms with E-state index in [-0.39, 0.29) is 13.0 Å². The fourth-order valence-corrected chi connectivity index (χ4v) is 2.59. The molecule has 126 valence electrons. The van der Waals surface area contributed by atoms with Crippen LogP contribution in [-0.4, -0.2) is 42.8 Å². The largest absolute Gasteiger partial charge is 0.480 e. The van der Waals surface area contributed by atoms with Crippen molar-refractivity contribution in [3.05, 3.63) is 35.6 Å². The van der Waals surface area contributed by atoms with Crippen molar-refractivity contribution in [1.29, 1.82) is 0 Å². The van der Waals surface area contributed by atoms with Crippen molar-refractivity contribution in [3.8, 4) is 0 Å². The van der Waals surface area contributed by atoms with E-state index in [1.165, 1.54) is 38.3 Å². The number of rotatable bonds is 6. The van der Waals surface area contributed by atoms with Gasteiger partial charge in [-0.25, -0.2) is 15.2 Å². The Bertz CT molecular complexity index is 595. The molecule has 0 aromatic heterocycles. The van der Waals surface area contributed by atoms with Gasteiger partial charge in [0.05, 0.1) is 6.61 Å². The highest BCUT2D eigenvalue weighted by molar-refractivity contribution is 5.90. The lowest BCUT2D eigenvalue weighted by Gasteiger charge is -2.28. The van der Waals surface area contributed by atoms with Crippen LogP contribution in [0.3, 0.4) is 0 Å². The van der Waals surface area contributed by atoms with Crippen molar-refractivity contribution < 1.29 is 23.8 Å². The molecule has 8 heteroatoms. The lowest BCUT2D eigenvalue weighted by Crippen LogP contribution is -2.53. The summed E-state index contributed by atoms with van der Waals surface area (Å²) in [4.78, 5) is 24.1. The summed E-state index contributed by atoms with van der Waals surface area (Å²) in [5.41, 5.74) is 3.31. The maximum atomic E-state index is 13.2. The molecule has 0 saturated carbocycles. The van der Waals surface area contributed by atoms with Gasteiger partial charge in [0.25, 0.3) is 0 Å². The number of ether oxygens (including phenoxy) is 1. The van der Waals surface area contributed by atoms with Crippen LogP contribution in [0.15, 0.2) is 24.3 Å². The molecule has 1 heterocycles. The number of hydrazine groups is 1. The molecule has 7 nitrogen and oxygen atoms in total. The summed E-state index contributed by atoms with van der Waals surface area (Å²) in [7, 11) is 1.51. The molecule has 1 amide bonds. The number of carbonyl (C=O) groups is 2. The zero-order chi connectivity index (χ0) is 17.1. The molecular formula is C15H20FN3O4. The number of nitrogens with one attached hydrogen (secondary N) is 3. The van der Waals surface area contributed by atoms with Crippen LogP contribution in [0.25, 0.3) is 0 Å². The Morgan fingerprint density at radius 2 is 2.00 bits per heavy atom. The number of hydrogen-bond donors (Lipinski definition) is 4. The maximum absolute atomic E-state index is 13.2. The van der Waals surface area contributed by atoms with Crippen LogP contribution in [0.5, 0.6) is 0 Å². The Morgan fingerprint density at radius 3 is 2.52 bits per heavy atom. The molecule has 0 aliphatic carbocycles. The van der Waals surface area contributed by atoms with Gasteiger partial charge in [-0.2, -0.15) is 0 Å². The lowest BCUT2D eigenvalue weighted by molar-refractivity contribution is -0.143. The molecule has 0 radical (unpaired) electrons. The second-order valence-electron chi connectivity index (χ2n) is 5.72. The van der Waals surface area contributed by atoms with Gasteiger partial charge in [-0.1, -0.05) is 12.1 Å². The van der Waals surface area contributed by atoms with Crippen LogP contribution in [0.2, 0.25) is 0 Å². The van der Waals surface area contributed by atoms with Gasteiger partial charge in [0.2, 0.25) is 5.91 Å². The van der Waals surface area contributed by atoms with Crippen LogP contribution in [0.4, 0.5) is 4.39 Å². The highest BCUT2D eigenvalue weighted by Gasteiger charge is 2.54. The molecule has 23 heavy (non-hydrogen) atoms. The third-order valence-electron chi connectivity index (χ3n) is 3.96. The van der Waals surface area contributed by atoms with Crippen molar-refractivity contribution in [3.63, 3.8) is 0 Å². The minimum absolute atomic E-state index is 0.0280. The van der Waals surface area contributed by atoms with Gasteiger partial charge in [-0.05, 0) is 24.6 Å². The molecule has 1 aromatic carbocycles. The molecule has 2 rings (SSSR count). The number of carboxylic acids is 1. The number of carbonyl (C=O) groups excluding carboxylic acids is 1. The first-order chi connectivity index (χ1) is 10.8. The van der Waals surface area contributed by atoms with Crippen LogP contribution in [0, 0.1) is 5.82 Å². The Kier molecular flexibility index (Phi) is 4.98. The fraction of sp³-hybridized carbons (Fsp3) is 0.467. The number of carboxylic acid groups (broad SMARTS) is 1. The number of aliphatic carboxylic acids is 1. The highest BCUT2D eigenvalue weighted by Crippen LogP contribution is 2.35. The van der Waals surface area contributed by atoms with Gasteiger partial charge in [-0.3, -0.25) is 9.59 Å². The Balaban J connectivity index is 2.34. The summed E-state index contributed by atoms with van der Waals surface area (Å²) >= 11 is 0. The van der Waals surface area contributed by atoms with Gasteiger partial charge in [-0.15, -0.1) is 0 Å². The zero-order valence-electron chi connectivity index (χ0n) is 13.0. The molecule has 1 saturated heterocycles. The van der Waals surface area contributed by atoms with Gasteiger partial charge in [0, 0.05) is 20.1 Å². The van der Waals surface area contributed by atoms with Gasteiger partial charge < -0.3 is 15.2 Å². The lowest BCUT2D eigenvalue weighted by atomic mass is 9.80. The first-order valence-corrected chi connectivity index (χ1v) is 7.15. The van der Waals surface area contributed by atoms with E-state index in [1.54, 1.807) is 0 Å². The SMILES string of the molecule is COCCNC(=O)C1(c2ccc(F)cc2)CC(C)(C(=O)O)NN1. The molecule has 2 atom stereocenters. The third kappa shape index (κ3) is 3.34. The van der Waals surface area contributed by atoms with Crippen LogP contribution in [0.1, 0.15) is 18.9 Å². The second-order valence-corrected chi connectivity index (χ2v) is 5.72. The third-order valence-corrected chi connectivity index (χ3v) is 3.96. The highest BCUT2D eigenvalue weighted by atomic mass is 19.1. The van der Waals surface area contributed by atoms with Crippen molar-refractivity contribution in [2.45, 2.75) is 24.4 Å². The van der Waals surface area contributed by atoms with Crippen LogP contribution in [-0.2, 0) is 19.9 Å². The number of halogens is 1. The van der Waals surface area contributed by atoms with Gasteiger partial charge in [0.1, 0.15) is 16.9 Å². The predicted octanol–water partition coefficient (Wildman–Crippen LogP) is 0.125.